The smallest absolute Gasteiger partial charge is 0.373 e. The number of amides is 3. The van der Waals surface area contributed by atoms with Crippen LogP contribution in [0, 0.1) is 6.92 Å². The lowest BCUT2D eigenvalue weighted by Crippen LogP contribution is -2.30. The zero-order chi connectivity index (χ0) is 17.3. The highest BCUT2D eigenvalue weighted by Crippen LogP contribution is 2.22. The molecule has 124 valence electrons. The van der Waals surface area contributed by atoms with E-state index in [1.54, 1.807) is 6.08 Å². The Bertz CT molecular complexity index is 848. The second kappa shape index (κ2) is 6.32. The van der Waals surface area contributed by atoms with Crippen molar-refractivity contribution in [2.24, 2.45) is 0 Å². The van der Waals surface area contributed by atoms with Crippen LogP contribution in [0.25, 0.3) is 6.08 Å². The van der Waals surface area contributed by atoms with Gasteiger partial charge in [-0.3, -0.25) is 9.69 Å². The number of imide groups is 1. The molecule has 1 aliphatic rings. The molecule has 0 aliphatic carbocycles. The third-order valence-electron chi connectivity index (χ3n) is 3.50. The second-order valence-corrected chi connectivity index (χ2v) is 6.05. The lowest BCUT2D eigenvalue weighted by molar-refractivity contribution is -0.123. The van der Waals surface area contributed by atoms with Crippen LogP contribution in [-0.4, -0.2) is 29.9 Å². The number of nitrogens with one attached hydrogen (secondary N) is 1. The van der Waals surface area contributed by atoms with Gasteiger partial charge in [0.15, 0.2) is 0 Å². The fraction of sp³-hybridized carbons (Fsp3) is 0.188. The molecule has 0 radical (unpaired) electrons. The fourth-order valence-corrected chi connectivity index (χ4v) is 3.07. The van der Waals surface area contributed by atoms with Gasteiger partial charge in [0.2, 0.25) is 5.76 Å². The number of esters is 1. The van der Waals surface area contributed by atoms with Crippen molar-refractivity contribution in [2.45, 2.75) is 13.5 Å². The van der Waals surface area contributed by atoms with Crippen molar-refractivity contribution in [3.05, 3.63) is 51.2 Å². The molecule has 0 bridgehead atoms. The van der Waals surface area contributed by atoms with Gasteiger partial charge in [0, 0.05) is 4.88 Å². The van der Waals surface area contributed by atoms with Crippen molar-refractivity contribution >= 4 is 35.3 Å². The summed E-state index contributed by atoms with van der Waals surface area (Å²) in [5.41, 5.74) is 1.24. The second-order valence-electron chi connectivity index (χ2n) is 5.10. The Balaban J connectivity index is 1.77. The summed E-state index contributed by atoms with van der Waals surface area (Å²) in [4.78, 5) is 37.7. The fourth-order valence-electron chi connectivity index (χ4n) is 2.21. The minimum atomic E-state index is -0.618. The lowest BCUT2D eigenvalue weighted by Gasteiger charge is -2.09. The van der Waals surface area contributed by atoms with Gasteiger partial charge >= 0.3 is 12.0 Å². The van der Waals surface area contributed by atoms with Gasteiger partial charge in [-0.2, -0.15) is 0 Å². The van der Waals surface area contributed by atoms with Crippen LogP contribution in [0.3, 0.4) is 0 Å². The van der Waals surface area contributed by atoms with E-state index in [0.717, 1.165) is 15.3 Å². The van der Waals surface area contributed by atoms with E-state index in [9.17, 15) is 14.4 Å². The highest BCUT2D eigenvalue weighted by Gasteiger charge is 2.34. The molecule has 0 atom stereocenters. The van der Waals surface area contributed by atoms with Gasteiger partial charge in [0.1, 0.15) is 11.5 Å². The summed E-state index contributed by atoms with van der Waals surface area (Å²) in [6.07, 6.45) is 1.66. The van der Waals surface area contributed by atoms with Gasteiger partial charge in [0.25, 0.3) is 5.91 Å². The van der Waals surface area contributed by atoms with E-state index >= 15 is 0 Å². The summed E-state index contributed by atoms with van der Waals surface area (Å²) < 4.78 is 9.84. The average molecular weight is 346 g/mol. The average Bonchev–Trinajstić information content (AvgIpc) is 3.25. The van der Waals surface area contributed by atoms with Crippen LogP contribution >= 0.6 is 11.3 Å². The van der Waals surface area contributed by atoms with Gasteiger partial charge in [-0.25, -0.2) is 9.59 Å². The molecule has 3 amide bonds. The molecule has 7 nitrogen and oxygen atoms in total. The van der Waals surface area contributed by atoms with Crippen molar-refractivity contribution in [1.29, 1.82) is 0 Å². The summed E-state index contributed by atoms with van der Waals surface area (Å²) in [6.45, 7) is 1.86. The Morgan fingerprint density at radius 1 is 1.38 bits per heavy atom. The van der Waals surface area contributed by atoms with Crippen LogP contribution < -0.4 is 5.32 Å². The van der Waals surface area contributed by atoms with Crippen molar-refractivity contribution in [1.82, 2.24) is 10.2 Å². The standard InChI is InChI=1S/C16H14N2O5S/c1-9-5-6-24-13(9)7-11-14(19)18(16(21)17-11)8-10-3-4-12(23-10)15(20)22-2/h3-7H,8H2,1-2H3,(H,17,21). The molecule has 1 saturated heterocycles. The number of aryl methyl sites for hydroxylation is 1. The number of rotatable bonds is 4. The SMILES string of the molecule is COC(=O)c1ccc(CN2C(=O)NC(=Cc3sccc3C)C2=O)o1. The molecule has 1 aliphatic heterocycles. The van der Waals surface area contributed by atoms with E-state index in [2.05, 4.69) is 10.1 Å². The van der Waals surface area contributed by atoms with Gasteiger partial charge in [-0.05, 0) is 42.1 Å². The first-order valence-electron chi connectivity index (χ1n) is 7.05. The Morgan fingerprint density at radius 2 is 2.17 bits per heavy atom. The number of methoxy groups -OCH3 is 1. The topological polar surface area (TPSA) is 88.9 Å². The Kier molecular flexibility index (Phi) is 4.22. The van der Waals surface area contributed by atoms with Crippen LogP contribution in [-0.2, 0) is 16.1 Å². The first-order valence-corrected chi connectivity index (χ1v) is 7.93. The van der Waals surface area contributed by atoms with E-state index < -0.39 is 17.9 Å². The molecule has 2 aromatic rings. The number of carbonyl (C=O) groups excluding carboxylic acids is 3. The highest BCUT2D eigenvalue weighted by molar-refractivity contribution is 7.11. The summed E-state index contributed by atoms with van der Waals surface area (Å²) in [7, 11) is 1.24. The van der Waals surface area contributed by atoms with Gasteiger partial charge in [-0.15, -0.1) is 11.3 Å². The number of hydrogen-bond acceptors (Lipinski definition) is 6. The quantitative estimate of drug-likeness (QED) is 0.522. The molecule has 3 rings (SSSR count). The zero-order valence-corrected chi connectivity index (χ0v) is 13.8. The summed E-state index contributed by atoms with van der Waals surface area (Å²) in [5, 5.41) is 4.47. The summed E-state index contributed by atoms with van der Waals surface area (Å²) >= 11 is 1.49. The van der Waals surface area contributed by atoms with E-state index in [4.69, 9.17) is 4.42 Å². The number of carbonyl (C=O) groups is 3. The molecular weight excluding hydrogens is 332 g/mol. The summed E-state index contributed by atoms with van der Waals surface area (Å²) in [5.74, 6) is -0.729. The lowest BCUT2D eigenvalue weighted by atomic mass is 10.2. The highest BCUT2D eigenvalue weighted by atomic mass is 32.1. The third kappa shape index (κ3) is 2.95. The molecule has 0 aromatic carbocycles. The maximum absolute atomic E-state index is 12.4. The zero-order valence-electron chi connectivity index (χ0n) is 13.0. The van der Waals surface area contributed by atoms with Crippen LogP contribution in [0.5, 0.6) is 0 Å². The minimum Gasteiger partial charge on any atom is -0.463 e. The van der Waals surface area contributed by atoms with Gasteiger partial charge in [-0.1, -0.05) is 0 Å². The number of furan rings is 1. The molecular formula is C16H14N2O5S. The number of urea groups is 1. The van der Waals surface area contributed by atoms with Crippen LogP contribution in [0.4, 0.5) is 4.79 Å². The van der Waals surface area contributed by atoms with E-state index in [1.165, 1.54) is 30.6 Å². The molecule has 8 heteroatoms. The van der Waals surface area contributed by atoms with Crippen LogP contribution in [0.2, 0.25) is 0 Å². The van der Waals surface area contributed by atoms with E-state index in [-0.39, 0.29) is 18.0 Å². The predicted molar refractivity (Wildman–Crippen MR) is 86.2 cm³/mol. The summed E-state index contributed by atoms with van der Waals surface area (Å²) in [6, 6.07) is 4.37. The number of ether oxygens (including phenoxy) is 1. The van der Waals surface area contributed by atoms with Crippen molar-refractivity contribution < 1.29 is 23.5 Å². The monoisotopic (exact) mass is 346 g/mol. The molecule has 1 N–H and O–H groups in total. The predicted octanol–water partition coefficient (Wildman–Crippen LogP) is 2.53. The Morgan fingerprint density at radius 3 is 2.83 bits per heavy atom. The molecule has 0 saturated carbocycles. The third-order valence-corrected chi connectivity index (χ3v) is 4.47. The molecule has 0 spiro atoms. The molecule has 1 fully saturated rings. The van der Waals surface area contributed by atoms with Crippen molar-refractivity contribution in [2.75, 3.05) is 7.11 Å². The Hall–Kier alpha value is -2.87. The maximum atomic E-state index is 12.4. The molecule has 3 heterocycles. The normalized spacial score (nSPS) is 15.9. The van der Waals surface area contributed by atoms with Gasteiger partial charge in [0.05, 0.1) is 13.7 Å². The van der Waals surface area contributed by atoms with E-state index in [0.29, 0.717) is 5.76 Å². The number of hydrogen-bond donors (Lipinski definition) is 1. The van der Waals surface area contributed by atoms with Crippen molar-refractivity contribution in [3.8, 4) is 0 Å². The number of thiophene rings is 1. The molecule has 0 unspecified atom stereocenters. The van der Waals surface area contributed by atoms with Gasteiger partial charge < -0.3 is 14.5 Å². The first kappa shape index (κ1) is 16.0. The maximum Gasteiger partial charge on any atom is 0.373 e. The van der Waals surface area contributed by atoms with Crippen molar-refractivity contribution in [3.63, 3.8) is 0 Å². The van der Waals surface area contributed by atoms with E-state index in [1.807, 2.05) is 18.4 Å². The van der Waals surface area contributed by atoms with Crippen LogP contribution in [0.15, 0.2) is 33.7 Å². The first-order chi connectivity index (χ1) is 11.5. The molecule has 24 heavy (non-hydrogen) atoms. The minimum absolute atomic E-state index is 0.0181. The molecule has 2 aromatic heterocycles. The largest absolute Gasteiger partial charge is 0.463 e. The Labute approximate surface area is 141 Å². The van der Waals surface area contributed by atoms with Crippen LogP contribution in [0.1, 0.15) is 26.8 Å². The number of nitrogens with zero attached hydrogens (tertiary/aromatic N) is 1.